The fourth-order valence-corrected chi connectivity index (χ4v) is 2.91. The normalized spacial score (nSPS) is 15.1. The zero-order chi connectivity index (χ0) is 19.6. The molecule has 3 rings (SSSR count). The van der Waals surface area contributed by atoms with Crippen molar-refractivity contribution in [3.8, 4) is 17.2 Å². The number of aromatic hydroxyl groups is 2. The van der Waals surface area contributed by atoms with Crippen LogP contribution in [0.3, 0.4) is 0 Å². The van der Waals surface area contributed by atoms with E-state index in [4.69, 9.17) is 10.5 Å². The number of carboxylic acids is 1. The Hall–Kier alpha value is -3.26. The Kier molecular flexibility index (Phi) is 5.18. The number of likely N-dealkylation sites (tertiary alicyclic amines) is 1. The van der Waals surface area contributed by atoms with Crippen LogP contribution < -0.4 is 10.5 Å². The smallest absolute Gasteiger partial charge is 0.343 e. The summed E-state index contributed by atoms with van der Waals surface area (Å²) < 4.78 is 5.61. The number of amides is 1. The number of carbonyl (C=O) groups excluding carboxylic acids is 1. The van der Waals surface area contributed by atoms with Crippen molar-refractivity contribution in [3.63, 3.8) is 0 Å². The second-order valence-corrected chi connectivity index (χ2v) is 6.42. The first-order valence-corrected chi connectivity index (χ1v) is 8.39. The van der Waals surface area contributed by atoms with Crippen molar-refractivity contribution in [3.05, 3.63) is 53.6 Å². The highest BCUT2D eigenvalue weighted by molar-refractivity contribution is 5.94. The molecule has 1 aliphatic heterocycles. The Labute approximate surface area is 155 Å². The monoisotopic (exact) mass is 372 g/mol. The van der Waals surface area contributed by atoms with Crippen LogP contribution in [-0.2, 0) is 11.2 Å². The van der Waals surface area contributed by atoms with Crippen LogP contribution >= 0.6 is 0 Å². The number of nitrogens with zero attached hydrogens (tertiary/aromatic N) is 1. The van der Waals surface area contributed by atoms with Crippen LogP contribution in [0.5, 0.6) is 17.2 Å². The van der Waals surface area contributed by atoms with Crippen LogP contribution in [0.1, 0.15) is 15.9 Å². The summed E-state index contributed by atoms with van der Waals surface area (Å²) in [6.07, 6.45) is -0.0219. The molecule has 2 aromatic rings. The van der Waals surface area contributed by atoms with E-state index in [1.165, 1.54) is 30.3 Å². The number of aromatic carboxylic acids is 1. The van der Waals surface area contributed by atoms with Gasteiger partial charge in [0.05, 0.1) is 19.1 Å². The van der Waals surface area contributed by atoms with Crippen LogP contribution in [0.2, 0.25) is 0 Å². The Morgan fingerprint density at radius 1 is 1.15 bits per heavy atom. The maximum absolute atomic E-state index is 12.4. The Balaban J connectivity index is 1.55. The number of hydrogen-bond acceptors (Lipinski definition) is 6. The largest absolute Gasteiger partial charge is 0.508 e. The molecule has 0 saturated carbocycles. The van der Waals surface area contributed by atoms with Crippen molar-refractivity contribution >= 4 is 11.9 Å². The van der Waals surface area contributed by atoms with Gasteiger partial charge >= 0.3 is 5.97 Å². The summed E-state index contributed by atoms with van der Waals surface area (Å²) in [6, 6.07) is 10.0. The number of nitrogens with two attached hydrogens (primary N) is 1. The lowest BCUT2D eigenvalue weighted by molar-refractivity contribution is -0.141. The van der Waals surface area contributed by atoms with Gasteiger partial charge in [-0.15, -0.1) is 0 Å². The molecule has 142 valence electrons. The number of carboxylic acid groups (broad SMARTS) is 1. The summed E-state index contributed by atoms with van der Waals surface area (Å²) in [4.78, 5) is 25.2. The predicted molar refractivity (Wildman–Crippen MR) is 95.8 cm³/mol. The third-order valence-corrected chi connectivity index (χ3v) is 4.38. The third kappa shape index (κ3) is 4.12. The van der Waals surface area contributed by atoms with E-state index in [0.29, 0.717) is 6.42 Å². The lowest BCUT2D eigenvalue weighted by Crippen LogP contribution is -2.60. The van der Waals surface area contributed by atoms with E-state index in [9.17, 15) is 24.9 Å². The lowest BCUT2D eigenvalue weighted by Gasteiger charge is -2.40. The molecule has 0 bridgehead atoms. The van der Waals surface area contributed by atoms with E-state index in [0.717, 1.165) is 5.56 Å². The molecular weight excluding hydrogens is 352 g/mol. The first kappa shape index (κ1) is 18.5. The van der Waals surface area contributed by atoms with Gasteiger partial charge in [-0.3, -0.25) is 4.79 Å². The molecule has 0 radical (unpaired) electrons. The first-order valence-electron chi connectivity index (χ1n) is 8.39. The predicted octanol–water partition coefficient (Wildman–Crippen LogP) is 0.956. The van der Waals surface area contributed by atoms with Gasteiger partial charge in [-0.05, 0) is 36.2 Å². The van der Waals surface area contributed by atoms with Gasteiger partial charge in [0.1, 0.15) is 28.9 Å². The number of phenols is 2. The number of carbonyl (C=O) groups is 2. The SMILES string of the molecule is N[C@H](Cc1ccc(O)cc1)C(=O)N1CC(Oc2cccc(O)c2C(=O)O)C1. The van der Waals surface area contributed by atoms with Gasteiger partial charge in [0, 0.05) is 0 Å². The minimum absolute atomic E-state index is 0.0630. The standard InChI is InChI=1S/C19H20N2O6/c20-14(8-11-4-6-12(22)7-5-11)18(24)21-9-13(10-21)27-16-3-1-2-15(23)17(16)19(25)26/h1-7,13-14,22-23H,8-10,20H2,(H,25,26)/t14-/m1/s1. The fourth-order valence-electron chi connectivity index (χ4n) is 2.91. The molecule has 1 amide bonds. The number of rotatable bonds is 6. The minimum atomic E-state index is -1.29. The molecule has 0 aliphatic carbocycles. The molecule has 8 heteroatoms. The summed E-state index contributed by atoms with van der Waals surface area (Å²) in [5.41, 5.74) is 6.51. The summed E-state index contributed by atoms with van der Waals surface area (Å²) in [5.74, 6) is -1.67. The number of benzene rings is 2. The molecule has 1 atom stereocenters. The van der Waals surface area contributed by atoms with Crippen molar-refractivity contribution in [2.75, 3.05) is 13.1 Å². The average Bonchev–Trinajstić information content (AvgIpc) is 2.58. The topological polar surface area (TPSA) is 133 Å². The van der Waals surface area contributed by atoms with Crippen molar-refractivity contribution in [1.82, 2.24) is 4.90 Å². The number of phenolic OH excluding ortho intramolecular Hbond substituents is 1. The number of hydrogen-bond donors (Lipinski definition) is 4. The highest BCUT2D eigenvalue weighted by Crippen LogP contribution is 2.29. The average molecular weight is 372 g/mol. The van der Waals surface area contributed by atoms with Gasteiger partial charge in [-0.25, -0.2) is 4.79 Å². The maximum atomic E-state index is 12.4. The molecule has 1 saturated heterocycles. The molecule has 1 fully saturated rings. The van der Waals surface area contributed by atoms with E-state index in [2.05, 4.69) is 0 Å². The van der Waals surface area contributed by atoms with Gasteiger partial charge < -0.3 is 30.7 Å². The summed E-state index contributed by atoms with van der Waals surface area (Å²) in [7, 11) is 0. The van der Waals surface area contributed by atoms with Gasteiger partial charge in [-0.1, -0.05) is 18.2 Å². The molecule has 1 aliphatic rings. The van der Waals surface area contributed by atoms with E-state index in [1.807, 2.05) is 0 Å². The van der Waals surface area contributed by atoms with Crippen LogP contribution in [0, 0.1) is 0 Å². The molecule has 0 unspecified atom stereocenters. The molecule has 8 nitrogen and oxygen atoms in total. The van der Waals surface area contributed by atoms with Crippen molar-refractivity contribution in [1.29, 1.82) is 0 Å². The van der Waals surface area contributed by atoms with E-state index in [1.54, 1.807) is 17.0 Å². The Morgan fingerprint density at radius 2 is 1.81 bits per heavy atom. The fraction of sp³-hybridized carbons (Fsp3) is 0.263. The lowest BCUT2D eigenvalue weighted by atomic mass is 10.0. The van der Waals surface area contributed by atoms with Gasteiger partial charge in [0.15, 0.2) is 0 Å². The molecule has 0 aromatic heterocycles. The summed E-state index contributed by atoms with van der Waals surface area (Å²) in [5, 5.41) is 28.1. The molecule has 2 aromatic carbocycles. The molecule has 1 heterocycles. The Morgan fingerprint density at radius 3 is 2.44 bits per heavy atom. The van der Waals surface area contributed by atoms with Crippen LogP contribution in [-0.4, -0.2) is 57.3 Å². The van der Waals surface area contributed by atoms with Crippen molar-refractivity contribution < 1.29 is 29.6 Å². The maximum Gasteiger partial charge on any atom is 0.343 e. The quantitative estimate of drug-likeness (QED) is 0.593. The number of ether oxygens (including phenoxy) is 1. The summed E-state index contributed by atoms with van der Waals surface area (Å²) in [6.45, 7) is 0.577. The van der Waals surface area contributed by atoms with Crippen LogP contribution in [0.25, 0.3) is 0 Å². The van der Waals surface area contributed by atoms with Crippen LogP contribution in [0.4, 0.5) is 0 Å². The zero-order valence-corrected chi connectivity index (χ0v) is 14.4. The van der Waals surface area contributed by atoms with Crippen molar-refractivity contribution in [2.24, 2.45) is 5.73 Å². The van der Waals surface area contributed by atoms with Crippen LogP contribution in [0.15, 0.2) is 42.5 Å². The van der Waals surface area contributed by atoms with Gasteiger partial charge in [-0.2, -0.15) is 0 Å². The van der Waals surface area contributed by atoms with E-state index < -0.39 is 12.0 Å². The molecular formula is C19H20N2O6. The minimum Gasteiger partial charge on any atom is -0.508 e. The summed E-state index contributed by atoms with van der Waals surface area (Å²) >= 11 is 0. The van der Waals surface area contributed by atoms with Gasteiger partial charge in [0.2, 0.25) is 5.91 Å². The highest BCUT2D eigenvalue weighted by atomic mass is 16.5. The molecule has 0 spiro atoms. The second-order valence-electron chi connectivity index (χ2n) is 6.42. The van der Waals surface area contributed by atoms with Crippen molar-refractivity contribution in [2.45, 2.75) is 18.6 Å². The van der Waals surface area contributed by atoms with E-state index >= 15 is 0 Å². The zero-order valence-electron chi connectivity index (χ0n) is 14.4. The first-order chi connectivity index (χ1) is 12.8. The Bertz CT molecular complexity index is 846. The highest BCUT2D eigenvalue weighted by Gasteiger charge is 2.35. The molecule has 27 heavy (non-hydrogen) atoms. The van der Waals surface area contributed by atoms with Gasteiger partial charge in [0.25, 0.3) is 0 Å². The van der Waals surface area contributed by atoms with E-state index in [-0.39, 0.29) is 47.9 Å². The third-order valence-electron chi connectivity index (χ3n) is 4.38. The second kappa shape index (κ2) is 7.55. The molecule has 5 N–H and O–H groups in total.